The topological polar surface area (TPSA) is 93.2 Å². The van der Waals surface area contributed by atoms with Crippen molar-refractivity contribution in [3.63, 3.8) is 0 Å². The zero-order valence-corrected chi connectivity index (χ0v) is 9.35. The smallest absolute Gasteiger partial charge is 0.409 e. The van der Waals surface area contributed by atoms with E-state index < -0.39 is 6.09 Å². The molecule has 88 valence electrons. The molecule has 0 spiro atoms. The highest BCUT2D eigenvalue weighted by atomic mass is 35.5. The van der Waals surface area contributed by atoms with Crippen LogP contribution in [0.2, 0.25) is 5.02 Å². The van der Waals surface area contributed by atoms with E-state index in [1.165, 1.54) is 10.9 Å². The standard InChI is InChI=1S/C10H9ClN4O2/c11-6-1-3-7(4-2-6)15-5-8(9(12)14-15)13-10(16)17/h1-5,13H,(H2,12,14)(H,16,17). The Morgan fingerprint density at radius 3 is 2.65 bits per heavy atom. The molecule has 1 amide bonds. The van der Waals surface area contributed by atoms with Crippen molar-refractivity contribution in [3.8, 4) is 5.69 Å². The number of nitrogens with one attached hydrogen (secondary N) is 1. The number of nitrogens with zero attached hydrogens (tertiary/aromatic N) is 2. The van der Waals surface area contributed by atoms with E-state index in [0.29, 0.717) is 5.02 Å². The molecule has 0 radical (unpaired) electrons. The van der Waals surface area contributed by atoms with Crippen molar-refractivity contribution in [3.05, 3.63) is 35.5 Å². The van der Waals surface area contributed by atoms with Gasteiger partial charge in [0.15, 0.2) is 5.82 Å². The maximum atomic E-state index is 10.5. The predicted molar refractivity (Wildman–Crippen MR) is 64.6 cm³/mol. The van der Waals surface area contributed by atoms with Crippen LogP contribution in [0.1, 0.15) is 0 Å². The first-order valence-corrected chi connectivity index (χ1v) is 5.05. The van der Waals surface area contributed by atoms with Gasteiger partial charge in [-0.3, -0.25) is 5.32 Å². The number of anilines is 2. The van der Waals surface area contributed by atoms with Gasteiger partial charge in [0.25, 0.3) is 0 Å². The van der Waals surface area contributed by atoms with Crippen molar-refractivity contribution in [1.82, 2.24) is 9.78 Å². The summed E-state index contributed by atoms with van der Waals surface area (Å²) in [6, 6.07) is 6.91. The Kier molecular flexibility index (Phi) is 2.88. The second-order valence-electron chi connectivity index (χ2n) is 3.28. The Labute approximate surface area is 102 Å². The number of amides is 1. The van der Waals surface area contributed by atoms with Crippen LogP contribution in [0.4, 0.5) is 16.3 Å². The third-order valence-corrected chi connectivity index (χ3v) is 2.33. The van der Waals surface area contributed by atoms with Gasteiger partial charge in [-0.15, -0.1) is 5.10 Å². The summed E-state index contributed by atoms with van der Waals surface area (Å²) in [6.45, 7) is 0. The molecule has 0 saturated carbocycles. The van der Waals surface area contributed by atoms with Gasteiger partial charge in [0.2, 0.25) is 0 Å². The lowest BCUT2D eigenvalue weighted by atomic mass is 10.3. The number of benzene rings is 1. The third-order valence-electron chi connectivity index (χ3n) is 2.08. The van der Waals surface area contributed by atoms with Crippen LogP contribution in [0, 0.1) is 0 Å². The molecule has 0 saturated heterocycles. The third kappa shape index (κ3) is 2.48. The molecule has 6 nitrogen and oxygen atoms in total. The van der Waals surface area contributed by atoms with Crippen molar-refractivity contribution < 1.29 is 9.90 Å². The quantitative estimate of drug-likeness (QED) is 0.764. The average molecular weight is 253 g/mol. The van der Waals surface area contributed by atoms with Crippen molar-refractivity contribution >= 4 is 29.2 Å². The first-order chi connectivity index (χ1) is 8.06. The Morgan fingerprint density at radius 1 is 1.41 bits per heavy atom. The summed E-state index contributed by atoms with van der Waals surface area (Å²) in [7, 11) is 0. The molecule has 0 aliphatic carbocycles. The van der Waals surface area contributed by atoms with Crippen LogP contribution in [0.25, 0.3) is 5.69 Å². The lowest BCUT2D eigenvalue weighted by Crippen LogP contribution is -2.07. The first kappa shape index (κ1) is 11.3. The predicted octanol–water partition coefficient (Wildman–Crippen LogP) is 2.20. The summed E-state index contributed by atoms with van der Waals surface area (Å²) in [6.07, 6.45) is 0.305. The molecular weight excluding hydrogens is 244 g/mol. The summed E-state index contributed by atoms with van der Waals surface area (Å²) in [5.41, 5.74) is 6.55. The summed E-state index contributed by atoms with van der Waals surface area (Å²) >= 11 is 5.76. The van der Waals surface area contributed by atoms with Crippen LogP contribution in [0.5, 0.6) is 0 Å². The molecule has 0 aliphatic rings. The summed E-state index contributed by atoms with van der Waals surface area (Å²) in [5, 5.41) is 15.3. The number of carbonyl (C=O) groups is 1. The molecular formula is C10H9ClN4O2. The van der Waals surface area contributed by atoms with Crippen LogP contribution in [0.3, 0.4) is 0 Å². The molecule has 1 heterocycles. The SMILES string of the molecule is Nc1nn(-c2ccc(Cl)cc2)cc1NC(=O)O. The van der Waals surface area contributed by atoms with Crippen LogP contribution in [-0.2, 0) is 0 Å². The minimum atomic E-state index is -1.19. The van der Waals surface area contributed by atoms with Crippen molar-refractivity contribution in [2.24, 2.45) is 0 Å². The molecule has 2 rings (SSSR count). The number of nitrogens with two attached hydrogens (primary N) is 1. The fourth-order valence-corrected chi connectivity index (χ4v) is 1.45. The number of rotatable bonds is 2. The van der Waals surface area contributed by atoms with Gasteiger partial charge in [0.1, 0.15) is 5.69 Å². The minimum Gasteiger partial charge on any atom is -0.465 e. The van der Waals surface area contributed by atoms with E-state index in [1.807, 2.05) is 0 Å². The van der Waals surface area contributed by atoms with Crippen LogP contribution >= 0.6 is 11.6 Å². The maximum absolute atomic E-state index is 10.5. The van der Waals surface area contributed by atoms with Gasteiger partial charge in [-0.05, 0) is 24.3 Å². The van der Waals surface area contributed by atoms with E-state index >= 15 is 0 Å². The Balaban J connectivity index is 2.34. The van der Waals surface area contributed by atoms with Gasteiger partial charge in [-0.1, -0.05) is 11.6 Å². The van der Waals surface area contributed by atoms with E-state index in [-0.39, 0.29) is 11.5 Å². The van der Waals surface area contributed by atoms with Crippen molar-refractivity contribution in [2.75, 3.05) is 11.1 Å². The number of halogens is 1. The second kappa shape index (κ2) is 4.34. The zero-order chi connectivity index (χ0) is 12.4. The van der Waals surface area contributed by atoms with Gasteiger partial charge in [0, 0.05) is 5.02 Å². The highest BCUT2D eigenvalue weighted by Gasteiger charge is 2.09. The molecule has 1 aromatic heterocycles. The fourth-order valence-electron chi connectivity index (χ4n) is 1.32. The molecule has 0 bridgehead atoms. The van der Waals surface area contributed by atoms with E-state index in [1.54, 1.807) is 24.3 Å². The van der Waals surface area contributed by atoms with Gasteiger partial charge in [-0.2, -0.15) is 0 Å². The lowest BCUT2D eigenvalue weighted by Gasteiger charge is -1.99. The van der Waals surface area contributed by atoms with Gasteiger partial charge in [0.05, 0.1) is 11.9 Å². The second-order valence-corrected chi connectivity index (χ2v) is 3.72. The zero-order valence-electron chi connectivity index (χ0n) is 8.59. The lowest BCUT2D eigenvalue weighted by molar-refractivity contribution is 0.210. The molecule has 0 fully saturated rings. The molecule has 1 aromatic carbocycles. The Morgan fingerprint density at radius 2 is 2.06 bits per heavy atom. The summed E-state index contributed by atoms with van der Waals surface area (Å²) in [4.78, 5) is 10.5. The number of nitrogen functional groups attached to an aromatic ring is 1. The monoisotopic (exact) mass is 252 g/mol. The first-order valence-electron chi connectivity index (χ1n) is 4.67. The van der Waals surface area contributed by atoms with E-state index in [4.69, 9.17) is 22.4 Å². The number of hydrogen-bond acceptors (Lipinski definition) is 3. The van der Waals surface area contributed by atoms with E-state index in [9.17, 15) is 4.79 Å². The molecule has 4 N–H and O–H groups in total. The normalized spacial score (nSPS) is 10.2. The van der Waals surface area contributed by atoms with Gasteiger partial charge in [-0.25, -0.2) is 9.48 Å². The van der Waals surface area contributed by atoms with Crippen molar-refractivity contribution in [1.29, 1.82) is 0 Å². The molecule has 2 aromatic rings. The summed E-state index contributed by atoms with van der Waals surface area (Å²) < 4.78 is 1.47. The highest BCUT2D eigenvalue weighted by molar-refractivity contribution is 6.30. The Hall–Kier alpha value is -2.21. The van der Waals surface area contributed by atoms with Gasteiger partial charge < -0.3 is 10.8 Å². The molecule has 17 heavy (non-hydrogen) atoms. The molecule has 0 atom stereocenters. The Bertz CT molecular complexity index is 550. The average Bonchev–Trinajstić information content (AvgIpc) is 2.60. The number of carboxylic acid groups (broad SMARTS) is 1. The highest BCUT2D eigenvalue weighted by Crippen LogP contribution is 2.20. The van der Waals surface area contributed by atoms with Crippen molar-refractivity contribution in [2.45, 2.75) is 0 Å². The largest absolute Gasteiger partial charge is 0.465 e. The fraction of sp³-hybridized carbons (Fsp3) is 0. The van der Waals surface area contributed by atoms with E-state index in [0.717, 1.165) is 5.69 Å². The van der Waals surface area contributed by atoms with Gasteiger partial charge >= 0.3 is 6.09 Å². The van der Waals surface area contributed by atoms with E-state index in [2.05, 4.69) is 10.4 Å². The minimum absolute atomic E-state index is 0.113. The maximum Gasteiger partial charge on any atom is 0.409 e. The van der Waals surface area contributed by atoms with Crippen LogP contribution in [0.15, 0.2) is 30.5 Å². The van der Waals surface area contributed by atoms with Crippen LogP contribution in [-0.4, -0.2) is 21.0 Å². The molecule has 0 aliphatic heterocycles. The van der Waals surface area contributed by atoms with Crippen LogP contribution < -0.4 is 11.1 Å². The molecule has 7 heteroatoms. The number of hydrogen-bond donors (Lipinski definition) is 3. The number of aromatic nitrogens is 2. The molecule has 0 unspecified atom stereocenters. The summed E-state index contributed by atoms with van der Waals surface area (Å²) in [5.74, 6) is 0.113.